The smallest absolute Gasteiger partial charge is 0.305 e. The molecule has 4 rings (SSSR count). The quantitative estimate of drug-likeness (QED) is 0.168. The van der Waals surface area contributed by atoms with Gasteiger partial charge >= 0.3 is 5.97 Å². The number of aliphatic hydroxyl groups excluding tert-OH is 1. The minimum absolute atomic E-state index is 0.190. The molecule has 2 N–H and O–H groups in total. The summed E-state index contributed by atoms with van der Waals surface area (Å²) in [6.07, 6.45) is 0.906. The zero-order valence-corrected chi connectivity index (χ0v) is 25.2. The lowest BCUT2D eigenvalue weighted by molar-refractivity contribution is -0.146. The van der Waals surface area contributed by atoms with Gasteiger partial charge in [-0.1, -0.05) is 6.92 Å². The number of hydrogen-bond acceptors (Lipinski definition) is 7. The van der Waals surface area contributed by atoms with Crippen LogP contribution in [0.1, 0.15) is 48.5 Å². The first-order valence-corrected chi connectivity index (χ1v) is 16.9. The molecule has 41 heavy (non-hydrogen) atoms. The van der Waals surface area contributed by atoms with Crippen molar-refractivity contribution in [1.82, 2.24) is 0 Å². The third-order valence-electron chi connectivity index (χ3n) is 8.22. The van der Waals surface area contributed by atoms with Crippen molar-refractivity contribution in [2.24, 2.45) is 5.92 Å². The summed E-state index contributed by atoms with van der Waals surface area (Å²) in [6, 6.07) is 11.9. The predicted molar refractivity (Wildman–Crippen MR) is 155 cm³/mol. The summed E-state index contributed by atoms with van der Waals surface area (Å²) >= 11 is 0. The Morgan fingerprint density at radius 2 is 1.85 bits per heavy atom. The first-order chi connectivity index (χ1) is 19.5. The molecule has 222 valence electrons. The lowest BCUT2D eigenvalue weighted by atomic mass is 9.82. The Balaban J connectivity index is 1.70. The Kier molecular flexibility index (Phi) is 9.20. The van der Waals surface area contributed by atoms with Crippen LogP contribution in [0.4, 0.5) is 15.5 Å². The molecule has 1 saturated heterocycles. The van der Waals surface area contributed by atoms with Gasteiger partial charge in [-0.25, -0.2) is 0 Å². The molecule has 2 aromatic rings. The van der Waals surface area contributed by atoms with Gasteiger partial charge in [0.1, 0.15) is 5.75 Å². The van der Waals surface area contributed by atoms with Crippen molar-refractivity contribution in [2.45, 2.75) is 62.9 Å². The highest BCUT2D eigenvalue weighted by atomic mass is 28.4. The number of anilines is 2. The fraction of sp³-hybridized carbons (Fsp3) is 0.500. The molecule has 0 aliphatic carbocycles. The second kappa shape index (κ2) is 12.3. The molecule has 0 bridgehead atoms. The average molecular weight is 587 g/mol. The molecule has 0 saturated carbocycles. The Morgan fingerprint density at radius 3 is 2.46 bits per heavy atom. The molecule has 9 nitrogen and oxygen atoms in total. The zero-order chi connectivity index (χ0) is 29.9. The van der Waals surface area contributed by atoms with Crippen molar-refractivity contribution >= 4 is 37.6 Å². The maximum Gasteiger partial charge on any atom is 0.305 e. The van der Waals surface area contributed by atoms with Gasteiger partial charge in [0.25, 0.3) is 11.8 Å². The van der Waals surface area contributed by atoms with Crippen LogP contribution in [0.3, 0.4) is 0 Å². The van der Waals surface area contributed by atoms with E-state index in [-0.39, 0.29) is 37.2 Å². The van der Waals surface area contributed by atoms with Gasteiger partial charge in [0.15, 0.2) is 5.60 Å². The monoisotopic (exact) mass is 586 g/mol. The van der Waals surface area contributed by atoms with Gasteiger partial charge in [-0.2, -0.15) is 0 Å². The van der Waals surface area contributed by atoms with Gasteiger partial charge in [0.05, 0.1) is 26.0 Å². The van der Waals surface area contributed by atoms with E-state index in [1.807, 2.05) is 6.92 Å². The van der Waals surface area contributed by atoms with E-state index in [0.29, 0.717) is 47.6 Å². The lowest BCUT2D eigenvalue weighted by Crippen LogP contribution is -2.45. The number of carbonyl (C=O) groups is 3. The number of carbonyl (C=O) groups excluding carboxylic acids is 3. The Hall–Kier alpha value is -3.28. The van der Waals surface area contributed by atoms with Crippen LogP contribution in [0, 0.1) is 5.92 Å². The largest absolute Gasteiger partial charge is 0.497 e. The highest BCUT2D eigenvalue weighted by molar-refractivity contribution is 6.72. The molecule has 1 fully saturated rings. The number of aliphatic hydroxyl groups is 1. The molecule has 0 aromatic heterocycles. The number of amides is 2. The van der Waals surface area contributed by atoms with E-state index in [1.165, 1.54) is 7.11 Å². The van der Waals surface area contributed by atoms with Crippen molar-refractivity contribution in [1.29, 1.82) is 0 Å². The highest BCUT2D eigenvalue weighted by Crippen LogP contribution is 2.60. The number of esters is 1. The van der Waals surface area contributed by atoms with Crippen LogP contribution < -0.4 is 15.0 Å². The number of methoxy groups -OCH3 is 2. The van der Waals surface area contributed by atoms with E-state index in [0.717, 1.165) is 0 Å². The van der Waals surface area contributed by atoms with Crippen LogP contribution in [0.2, 0.25) is 18.6 Å². The van der Waals surface area contributed by atoms with E-state index in [9.17, 15) is 19.5 Å². The summed E-state index contributed by atoms with van der Waals surface area (Å²) in [5, 5.41) is 12.7. The molecule has 1 spiro atoms. The Labute approximate surface area is 241 Å². The van der Waals surface area contributed by atoms with Crippen LogP contribution in [0.15, 0.2) is 42.5 Å². The number of hydrogen-bond donors (Lipinski definition) is 2. The van der Waals surface area contributed by atoms with Crippen LogP contribution in [0.25, 0.3) is 0 Å². The van der Waals surface area contributed by atoms with Gasteiger partial charge in [0.2, 0.25) is 8.41 Å². The zero-order valence-electron chi connectivity index (χ0n) is 24.2. The molecule has 4 atom stereocenters. The average Bonchev–Trinajstić information content (AvgIpc) is 3.37. The minimum Gasteiger partial charge on any atom is -0.497 e. The second-order valence-electron chi connectivity index (χ2n) is 11.2. The molecule has 2 aromatic carbocycles. The minimum atomic E-state index is -3.33. The second-order valence-corrected chi connectivity index (χ2v) is 15.0. The van der Waals surface area contributed by atoms with E-state index < -0.39 is 31.6 Å². The van der Waals surface area contributed by atoms with Crippen LogP contribution in [-0.4, -0.2) is 64.8 Å². The normalized spacial score (nSPS) is 23.5. The van der Waals surface area contributed by atoms with Crippen molar-refractivity contribution in [3.63, 3.8) is 0 Å². The van der Waals surface area contributed by atoms with E-state index in [4.69, 9.17) is 14.2 Å². The summed E-state index contributed by atoms with van der Waals surface area (Å²) in [6.45, 7) is 5.21. The van der Waals surface area contributed by atoms with E-state index in [2.05, 4.69) is 5.32 Å². The van der Waals surface area contributed by atoms with Crippen molar-refractivity contribution in [3.05, 3.63) is 53.6 Å². The third-order valence-corrected chi connectivity index (χ3v) is 10.7. The highest BCUT2D eigenvalue weighted by Gasteiger charge is 2.66. The third kappa shape index (κ3) is 5.88. The Morgan fingerprint density at radius 1 is 1.15 bits per heavy atom. The lowest BCUT2D eigenvalue weighted by Gasteiger charge is -2.31. The van der Waals surface area contributed by atoms with Gasteiger partial charge < -0.3 is 33.6 Å². The summed E-state index contributed by atoms with van der Waals surface area (Å²) < 4.78 is 32.2. The maximum atomic E-state index is 15.7. The SMILES string of the molecule is COC(=O)CCCCN1C(=O)[C@@]2(O[C@@H](CCO)[C@H]([Si](C)(C)F)[C@H]2C)c2cc(NC(=O)c3ccc(OC)cc3)ccc21. The fourth-order valence-corrected chi connectivity index (χ4v) is 8.87. The molecule has 2 heterocycles. The Bertz CT molecular complexity index is 1280. The van der Waals surface area contributed by atoms with E-state index in [1.54, 1.807) is 67.6 Å². The number of nitrogens with one attached hydrogen (secondary N) is 1. The molecule has 0 radical (unpaired) electrons. The van der Waals surface area contributed by atoms with Crippen LogP contribution in [-0.2, 0) is 24.7 Å². The van der Waals surface area contributed by atoms with Gasteiger partial charge in [-0.15, -0.1) is 0 Å². The number of rotatable bonds is 11. The summed E-state index contributed by atoms with van der Waals surface area (Å²) in [5.41, 5.74) is 0.118. The first kappa shape index (κ1) is 30.7. The number of nitrogens with zero attached hydrogens (tertiary/aromatic N) is 1. The van der Waals surface area contributed by atoms with Crippen LogP contribution >= 0.6 is 0 Å². The number of halogens is 1. The standard InChI is InChI=1S/C30H39FN2O7Si/c1-19-27(41(4,5)31)25(15-17-34)40-30(19)23-18-21(32-28(36)20-9-12-22(38-2)13-10-20)11-14-24(23)33(29(30)37)16-7-6-8-26(35)39-3/h9-14,18-19,25,27,34H,6-8,15-17H2,1-5H3,(H,32,36)/t19-,25+,27-,30+/m1/s1. The molecular weight excluding hydrogens is 547 g/mol. The molecule has 2 amide bonds. The molecular formula is C30H39FN2O7Si. The first-order valence-electron chi connectivity index (χ1n) is 13.9. The number of unbranched alkanes of at least 4 members (excludes halogenated alkanes) is 1. The summed E-state index contributed by atoms with van der Waals surface area (Å²) in [5.74, 6) is -0.821. The van der Waals surface area contributed by atoms with Gasteiger partial charge in [0, 0.05) is 47.8 Å². The number of fused-ring (bicyclic) bond motifs is 2. The van der Waals surface area contributed by atoms with Gasteiger partial charge in [-0.3, -0.25) is 14.4 Å². The topological polar surface area (TPSA) is 114 Å². The van der Waals surface area contributed by atoms with E-state index >= 15 is 4.11 Å². The molecule has 11 heteroatoms. The predicted octanol–water partition coefficient (Wildman–Crippen LogP) is 4.79. The maximum absolute atomic E-state index is 15.7. The number of benzene rings is 2. The van der Waals surface area contributed by atoms with Crippen LogP contribution in [0.5, 0.6) is 5.75 Å². The molecule has 0 unspecified atom stereocenters. The number of ether oxygens (including phenoxy) is 3. The fourth-order valence-electron chi connectivity index (χ4n) is 6.33. The van der Waals surface area contributed by atoms with Gasteiger partial charge in [-0.05, 0) is 74.8 Å². The molecule has 2 aliphatic heterocycles. The summed E-state index contributed by atoms with van der Waals surface area (Å²) in [7, 11) is -0.445. The summed E-state index contributed by atoms with van der Waals surface area (Å²) in [4.78, 5) is 40.5. The molecule has 2 aliphatic rings. The van der Waals surface area contributed by atoms with Crippen molar-refractivity contribution in [2.75, 3.05) is 37.6 Å². The van der Waals surface area contributed by atoms with Crippen molar-refractivity contribution < 1.29 is 37.8 Å². The van der Waals surface area contributed by atoms with Crippen molar-refractivity contribution in [3.8, 4) is 5.75 Å².